The lowest BCUT2D eigenvalue weighted by atomic mass is 10.0. The molecule has 1 N–H and O–H groups in total. The topological polar surface area (TPSA) is 69.7 Å². The second-order valence-electron chi connectivity index (χ2n) is 6.53. The van der Waals surface area contributed by atoms with E-state index >= 15 is 0 Å². The molecule has 0 radical (unpaired) electrons. The summed E-state index contributed by atoms with van der Waals surface area (Å²) in [7, 11) is 1.45. The van der Waals surface area contributed by atoms with Gasteiger partial charge < -0.3 is 5.32 Å². The van der Waals surface area contributed by atoms with Crippen LogP contribution in [-0.2, 0) is 4.79 Å². The molecule has 0 saturated carbocycles. The molecule has 0 aliphatic carbocycles. The van der Waals surface area contributed by atoms with Gasteiger partial charge in [-0.3, -0.25) is 24.2 Å². The van der Waals surface area contributed by atoms with E-state index in [2.05, 4.69) is 31.0 Å². The summed E-state index contributed by atoms with van der Waals surface area (Å²) in [6, 6.07) is 5.11. The summed E-state index contributed by atoms with van der Waals surface area (Å²) in [5.74, 6) is -0.322. The van der Waals surface area contributed by atoms with Gasteiger partial charge in [-0.05, 0) is 37.6 Å². The minimum absolute atomic E-state index is 0.130. The maximum absolute atomic E-state index is 12.3. The zero-order chi connectivity index (χ0) is 18.0. The van der Waals surface area contributed by atoms with Crippen molar-refractivity contribution in [3.8, 4) is 0 Å². The van der Waals surface area contributed by atoms with Crippen molar-refractivity contribution in [3.63, 3.8) is 0 Å². The molecular weight excluding hydrogens is 306 g/mol. The van der Waals surface area contributed by atoms with Crippen molar-refractivity contribution in [2.45, 2.75) is 33.7 Å². The summed E-state index contributed by atoms with van der Waals surface area (Å²) >= 11 is 0. The molecule has 3 amide bonds. The van der Waals surface area contributed by atoms with Crippen LogP contribution in [0, 0.1) is 5.92 Å². The van der Waals surface area contributed by atoms with Gasteiger partial charge in [-0.15, -0.1) is 0 Å². The van der Waals surface area contributed by atoms with Gasteiger partial charge in [-0.25, -0.2) is 0 Å². The normalized spacial score (nSPS) is 15.2. The van der Waals surface area contributed by atoms with Gasteiger partial charge in [0.15, 0.2) is 0 Å². The first-order valence-corrected chi connectivity index (χ1v) is 8.26. The molecule has 0 spiro atoms. The Morgan fingerprint density at radius 1 is 1.17 bits per heavy atom. The zero-order valence-corrected chi connectivity index (χ0v) is 14.9. The Morgan fingerprint density at radius 2 is 1.79 bits per heavy atom. The molecular formula is C18H25N3O3. The Labute approximate surface area is 142 Å². The highest BCUT2D eigenvalue weighted by Crippen LogP contribution is 2.24. The van der Waals surface area contributed by atoms with Crippen LogP contribution < -0.4 is 5.32 Å². The SMILES string of the molecule is CCN(CC(=O)Nc1ccc2c(c1)C(=O)N(C)C2=O)C(C)C(C)C. The van der Waals surface area contributed by atoms with Gasteiger partial charge in [-0.2, -0.15) is 0 Å². The van der Waals surface area contributed by atoms with Gasteiger partial charge in [0.2, 0.25) is 5.91 Å². The summed E-state index contributed by atoms with van der Waals surface area (Å²) in [5, 5.41) is 2.82. The summed E-state index contributed by atoms with van der Waals surface area (Å²) < 4.78 is 0. The number of amides is 3. The number of imide groups is 1. The number of carbonyl (C=O) groups is 3. The molecule has 0 saturated heterocycles. The minimum atomic E-state index is -0.338. The van der Waals surface area contributed by atoms with E-state index in [0.29, 0.717) is 35.3 Å². The second-order valence-corrected chi connectivity index (χ2v) is 6.53. The van der Waals surface area contributed by atoms with E-state index in [1.54, 1.807) is 18.2 Å². The van der Waals surface area contributed by atoms with Crippen molar-refractivity contribution in [2.24, 2.45) is 5.92 Å². The summed E-state index contributed by atoms with van der Waals surface area (Å²) in [5.41, 5.74) is 1.25. The van der Waals surface area contributed by atoms with Crippen LogP contribution in [-0.4, -0.2) is 53.7 Å². The molecule has 1 heterocycles. The van der Waals surface area contributed by atoms with E-state index in [9.17, 15) is 14.4 Å². The fraction of sp³-hybridized carbons (Fsp3) is 0.500. The van der Waals surface area contributed by atoms with Crippen LogP contribution >= 0.6 is 0 Å². The highest BCUT2D eigenvalue weighted by molar-refractivity contribution is 6.21. The summed E-state index contributed by atoms with van der Waals surface area (Å²) in [4.78, 5) is 39.4. The number of nitrogens with zero attached hydrogens (tertiary/aromatic N) is 2. The fourth-order valence-corrected chi connectivity index (χ4v) is 2.79. The highest BCUT2D eigenvalue weighted by Gasteiger charge is 2.32. The Balaban J connectivity index is 2.08. The molecule has 1 aromatic carbocycles. The standard InChI is InChI=1S/C18H25N3O3/c1-6-21(12(4)11(2)3)10-16(22)19-13-7-8-14-15(9-13)18(24)20(5)17(14)23/h7-9,11-12H,6,10H2,1-5H3,(H,19,22). The first-order valence-electron chi connectivity index (χ1n) is 8.26. The molecule has 1 atom stereocenters. The molecule has 0 bridgehead atoms. The van der Waals surface area contributed by atoms with E-state index in [-0.39, 0.29) is 17.7 Å². The maximum atomic E-state index is 12.3. The quantitative estimate of drug-likeness (QED) is 0.812. The van der Waals surface area contributed by atoms with Crippen LogP contribution in [0.5, 0.6) is 0 Å². The van der Waals surface area contributed by atoms with E-state index in [0.717, 1.165) is 11.4 Å². The minimum Gasteiger partial charge on any atom is -0.325 e. The van der Waals surface area contributed by atoms with Gasteiger partial charge in [0.25, 0.3) is 11.8 Å². The van der Waals surface area contributed by atoms with Crippen LogP contribution in [0.2, 0.25) is 0 Å². The van der Waals surface area contributed by atoms with E-state index in [1.165, 1.54) is 7.05 Å². The monoisotopic (exact) mass is 331 g/mol. The van der Waals surface area contributed by atoms with Crippen molar-refractivity contribution in [3.05, 3.63) is 29.3 Å². The molecule has 0 aromatic heterocycles. The maximum Gasteiger partial charge on any atom is 0.261 e. The molecule has 2 rings (SSSR count). The van der Waals surface area contributed by atoms with E-state index < -0.39 is 0 Å². The number of anilines is 1. The van der Waals surface area contributed by atoms with Gasteiger partial charge in [-0.1, -0.05) is 20.8 Å². The van der Waals surface area contributed by atoms with Crippen LogP contribution in [0.1, 0.15) is 48.4 Å². The first-order chi connectivity index (χ1) is 11.3. The molecule has 1 aromatic rings. The molecule has 6 nitrogen and oxygen atoms in total. The average Bonchev–Trinajstić information content (AvgIpc) is 2.76. The number of hydrogen-bond acceptors (Lipinski definition) is 4. The van der Waals surface area contributed by atoms with Crippen LogP contribution in [0.4, 0.5) is 5.69 Å². The van der Waals surface area contributed by atoms with Crippen molar-refractivity contribution >= 4 is 23.4 Å². The van der Waals surface area contributed by atoms with E-state index in [4.69, 9.17) is 0 Å². The Kier molecular flexibility index (Phi) is 5.39. The molecule has 0 fully saturated rings. The van der Waals surface area contributed by atoms with Gasteiger partial charge in [0, 0.05) is 18.8 Å². The smallest absolute Gasteiger partial charge is 0.261 e. The van der Waals surface area contributed by atoms with Gasteiger partial charge in [0.1, 0.15) is 0 Å². The Bertz CT molecular complexity index is 669. The van der Waals surface area contributed by atoms with Crippen LogP contribution in [0.25, 0.3) is 0 Å². The second kappa shape index (κ2) is 7.13. The summed E-state index contributed by atoms with van der Waals surface area (Å²) in [6.07, 6.45) is 0. The van der Waals surface area contributed by atoms with Crippen LogP contribution in [0.3, 0.4) is 0 Å². The number of benzene rings is 1. The third kappa shape index (κ3) is 3.48. The van der Waals surface area contributed by atoms with Crippen molar-refractivity contribution in [2.75, 3.05) is 25.5 Å². The van der Waals surface area contributed by atoms with Crippen molar-refractivity contribution in [1.82, 2.24) is 9.80 Å². The number of nitrogens with one attached hydrogen (secondary N) is 1. The van der Waals surface area contributed by atoms with Gasteiger partial charge in [0.05, 0.1) is 17.7 Å². The van der Waals surface area contributed by atoms with E-state index in [1.807, 2.05) is 6.92 Å². The Hall–Kier alpha value is -2.21. The number of hydrogen-bond donors (Lipinski definition) is 1. The van der Waals surface area contributed by atoms with Crippen LogP contribution in [0.15, 0.2) is 18.2 Å². The molecule has 1 aliphatic heterocycles. The van der Waals surface area contributed by atoms with Crippen molar-refractivity contribution in [1.29, 1.82) is 0 Å². The lowest BCUT2D eigenvalue weighted by Crippen LogP contribution is -2.41. The largest absolute Gasteiger partial charge is 0.325 e. The number of likely N-dealkylation sites (N-methyl/N-ethyl adjacent to an activating group) is 1. The Morgan fingerprint density at radius 3 is 2.38 bits per heavy atom. The molecule has 6 heteroatoms. The zero-order valence-electron chi connectivity index (χ0n) is 14.9. The molecule has 24 heavy (non-hydrogen) atoms. The lowest BCUT2D eigenvalue weighted by molar-refractivity contribution is -0.117. The number of fused-ring (bicyclic) bond motifs is 1. The number of carbonyl (C=O) groups excluding carboxylic acids is 3. The predicted octanol–water partition coefficient (Wildman–Crippen LogP) is 2.22. The molecule has 130 valence electrons. The fourth-order valence-electron chi connectivity index (χ4n) is 2.79. The first kappa shape index (κ1) is 18.1. The number of rotatable bonds is 6. The third-order valence-corrected chi connectivity index (χ3v) is 4.67. The lowest BCUT2D eigenvalue weighted by Gasteiger charge is -2.30. The third-order valence-electron chi connectivity index (χ3n) is 4.67. The molecule has 1 unspecified atom stereocenters. The average molecular weight is 331 g/mol. The summed E-state index contributed by atoms with van der Waals surface area (Å²) in [6.45, 7) is 9.47. The molecule has 1 aliphatic rings. The highest BCUT2D eigenvalue weighted by atomic mass is 16.2. The van der Waals surface area contributed by atoms with Crippen molar-refractivity contribution < 1.29 is 14.4 Å². The van der Waals surface area contributed by atoms with Gasteiger partial charge >= 0.3 is 0 Å². The predicted molar refractivity (Wildman–Crippen MR) is 93.0 cm³/mol.